The number of carbonyl (C=O) groups excluding carboxylic acids is 1. The lowest BCUT2D eigenvalue weighted by molar-refractivity contribution is -0.154. The minimum Gasteiger partial charge on any atom is -0.457 e. The van der Waals surface area contributed by atoms with Gasteiger partial charge in [0.25, 0.3) is 0 Å². The Labute approximate surface area is 301 Å². The number of phosphoric acid groups is 1. The highest BCUT2D eigenvalue weighted by Crippen LogP contribution is 2.43. The molecule has 0 bridgehead atoms. The number of allylic oxidation sites excluding steroid dienone is 8. The number of carbonyl (C=O) groups is 1. The molecule has 0 saturated heterocycles. The van der Waals surface area contributed by atoms with Crippen LogP contribution in [0.4, 0.5) is 0 Å². The molecule has 0 rings (SSSR count). The van der Waals surface area contributed by atoms with E-state index < -0.39 is 13.9 Å². The number of hydrogen-bond acceptors (Lipinski definition) is 7. The highest BCUT2D eigenvalue weighted by atomic mass is 31.2. The summed E-state index contributed by atoms with van der Waals surface area (Å²) >= 11 is 0. The third kappa shape index (κ3) is 37.5. The van der Waals surface area contributed by atoms with Gasteiger partial charge < -0.3 is 20.1 Å². The molecule has 0 aromatic heterocycles. The molecule has 0 amide bonds. The van der Waals surface area contributed by atoms with E-state index in [-0.39, 0.29) is 32.3 Å². The Balaban J connectivity index is 4.13. The largest absolute Gasteiger partial charge is 0.472 e. The standard InChI is InChI=1S/C40H74NO7P/c1-3-5-7-9-11-13-15-17-19-20-21-23-25-27-29-31-33-40(42)48-39(38-47-49(43,44)46-36-34-41)37-45-35-32-30-28-26-24-22-18-16-14-12-10-8-6-4-2/h8,10,13-16,19-20,39H,3-7,9,11-12,17-18,21-38,41H2,1-2H3,(H,43,44)/b10-8-,15-13-,16-14-,20-19-. The van der Waals surface area contributed by atoms with Crippen LogP contribution >= 0.6 is 7.82 Å². The Morgan fingerprint density at radius 2 is 1.12 bits per heavy atom. The van der Waals surface area contributed by atoms with Crippen LogP contribution < -0.4 is 5.73 Å². The number of hydrogen-bond donors (Lipinski definition) is 2. The summed E-state index contributed by atoms with van der Waals surface area (Å²) in [6, 6.07) is 0. The summed E-state index contributed by atoms with van der Waals surface area (Å²) in [6.45, 7) is 4.78. The average molecular weight is 712 g/mol. The molecule has 0 saturated carbocycles. The Hall–Kier alpha value is -1.54. The molecule has 0 aliphatic carbocycles. The van der Waals surface area contributed by atoms with Crippen LogP contribution in [0.5, 0.6) is 0 Å². The van der Waals surface area contributed by atoms with Crippen LogP contribution in [0, 0.1) is 0 Å². The van der Waals surface area contributed by atoms with E-state index in [1.165, 1.54) is 57.8 Å². The molecular weight excluding hydrogens is 637 g/mol. The first kappa shape index (κ1) is 47.5. The van der Waals surface area contributed by atoms with Crippen LogP contribution in [0.1, 0.15) is 162 Å². The molecule has 0 aliphatic rings. The fourth-order valence-corrected chi connectivity index (χ4v) is 5.83. The molecule has 0 heterocycles. The van der Waals surface area contributed by atoms with Gasteiger partial charge in [-0.25, -0.2) is 4.57 Å². The van der Waals surface area contributed by atoms with Gasteiger partial charge in [-0.3, -0.25) is 13.8 Å². The molecular formula is C40H74NO7P. The Kier molecular flexibility index (Phi) is 36.5. The first-order valence-electron chi connectivity index (χ1n) is 19.6. The van der Waals surface area contributed by atoms with Gasteiger partial charge in [-0.1, -0.05) is 133 Å². The van der Waals surface area contributed by atoms with Crippen molar-refractivity contribution in [2.75, 3.05) is 33.0 Å². The van der Waals surface area contributed by atoms with E-state index >= 15 is 0 Å². The Morgan fingerprint density at radius 3 is 1.67 bits per heavy atom. The van der Waals surface area contributed by atoms with Gasteiger partial charge in [-0.05, 0) is 70.6 Å². The topological polar surface area (TPSA) is 117 Å². The summed E-state index contributed by atoms with van der Waals surface area (Å²) in [4.78, 5) is 22.4. The second kappa shape index (κ2) is 37.7. The normalized spacial score (nSPS) is 14.1. The molecule has 0 spiro atoms. The van der Waals surface area contributed by atoms with Crippen molar-refractivity contribution in [3.8, 4) is 0 Å². The van der Waals surface area contributed by atoms with E-state index in [9.17, 15) is 14.3 Å². The number of rotatable bonds is 37. The molecule has 0 aliphatic heterocycles. The van der Waals surface area contributed by atoms with Crippen molar-refractivity contribution in [1.82, 2.24) is 0 Å². The predicted octanol–water partition coefficient (Wildman–Crippen LogP) is 11.2. The lowest BCUT2D eigenvalue weighted by Crippen LogP contribution is -2.28. The molecule has 2 atom stereocenters. The maximum Gasteiger partial charge on any atom is 0.472 e. The molecule has 0 aromatic rings. The van der Waals surface area contributed by atoms with Crippen LogP contribution in [0.25, 0.3) is 0 Å². The molecule has 0 aromatic carbocycles. The molecule has 8 nitrogen and oxygen atoms in total. The summed E-state index contributed by atoms with van der Waals surface area (Å²) in [5.74, 6) is -0.350. The minimum atomic E-state index is -4.28. The number of ether oxygens (including phenoxy) is 2. The van der Waals surface area contributed by atoms with Gasteiger partial charge in [0, 0.05) is 19.6 Å². The van der Waals surface area contributed by atoms with Crippen LogP contribution in [-0.2, 0) is 27.9 Å². The fraction of sp³-hybridized carbons (Fsp3) is 0.775. The smallest absolute Gasteiger partial charge is 0.457 e. The summed E-state index contributed by atoms with van der Waals surface area (Å²) in [5.41, 5.74) is 5.35. The van der Waals surface area contributed by atoms with E-state index in [0.717, 1.165) is 83.5 Å². The second-order valence-corrected chi connectivity index (χ2v) is 14.2. The van der Waals surface area contributed by atoms with Crippen LogP contribution in [-0.4, -0.2) is 49.9 Å². The average Bonchev–Trinajstić information content (AvgIpc) is 3.09. The zero-order chi connectivity index (χ0) is 35.9. The van der Waals surface area contributed by atoms with Crippen LogP contribution in [0.2, 0.25) is 0 Å². The fourth-order valence-electron chi connectivity index (χ4n) is 5.06. The van der Waals surface area contributed by atoms with Crippen molar-refractivity contribution in [3.05, 3.63) is 48.6 Å². The van der Waals surface area contributed by atoms with Gasteiger partial charge in [0.2, 0.25) is 0 Å². The van der Waals surface area contributed by atoms with Gasteiger partial charge in [-0.2, -0.15) is 0 Å². The SMILES string of the molecule is CCC/C=C\C/C=C\CCCCCCCCOCC(COP(=O)(O)OCCN)OC(=O)CCCCCCC/C=C\C/C=C\CCCCCC. The number of nitrogens with two attached hydrogens (primary N) is 1. The van der Waals surface area contributed by atoms with Gasteiger partial charge >= 0.3 is 13.8 Å². The number of phosphoric ester groups is 1. The first-order chi connectivity index (χ1) is 23.9. The zero-order valence-electron chi connectivity index (χ0n) is 31.4. The van der Waals surface area contributed by atoms with Crippen molar-refractivity contribution < 1.29 is 32.8 Å². The third-order valence-electron chi connectivity index (χ3n) is 7.95. The summed E-state index contributed by atoms with van der Waals surface area (Å²) in [5, 5.41) is 0. The highest BCUT2D eigenvalue weighted by Gasteiger charge is 2.25. The molecule has 0 fully saturated rings. The van der Waals surface area contributed by atoms with Crippen molar-refractivity contribution in [3.63, 3.8) is 0 Å². The maximum absolute atomic E-state index is 12.5. The van der Waals surface area contributed by atoms with E-state index in [1.807, 2.05) is 0 Å². The summed E-state index contributed by atoms with van der Waals surface area (Å²) in [7, 11) is -4.28. The molecule has 0 radical (unpaired) electrons. The van der Waals surface area contributed by atoms with Gasteiger partial charge in [0.05, 0.1) is 19.8 Å². The van der Waals surface area contributed by atoms with Crippen molar-refractivity contribution in [1.29, 1.82) is 0 Å². The van der Waals surface area contributed by atoms with E-state index in [1.54, 1.807) is 0 Å². The van der Waals surface area contributed by atoms with Crippen LogP contribution in [0.15, 0.2) is 48.6 Å². The molecule has 49 heavy (non-hydrogen) atoms. The predicted molar refractivity (Wildman–Crippen MR) is 206 cm³/mol. The Bertz CT molecular complexity index is 890. The van der Waals surface area contributed by atoms with Crippen molar-refractivity contribution in [2.24, 2.45) is 5.73 Å². The molecule has 286 valence electrons. The lowest BCUT2D eigenvalue weighted by Gasteiger charge is -2.20. The Morgan fingerprint density at radius 1 is 0.612 bits per heavy atom. The van der Waals surface area contributed by atoms with Crippen LogP contribution in [0.3, 0.4) is 0 Å². The number of unbranched alkanes of at least 4 members (excludes halogenated alkanes) is 16. The minimum absolute atomic E-state index is 0.0943. The monoisotopic (exact) mass is 712 g/mol. The van der Waals surface area contributed by atoms with Gasteiger partial charge in [0.1, 0.15) is 6.10 Å². The number of esters is 1. The van der Waals surface area contributed by atoms with Gasteiger partial charge in [0.15, 0.2) is 0 Å². The van der Waals surface area contributed by atoms with Crippen molar-refractivity contribution >= 4 is 13.8 Å². The van der Waals surface area contributed by atoms with Gasteiger partial charge in [-0.15, -0.1) is 0 Å². The summed E-state index contributed by atoms with van der Waals surface area (Å²) in [6.07, 6.45) is 42.6. The molecule has 9 heteroatoms. The second-order valence-electron chi connectivity index (χ2n) is 12.8. The first-order valence-corrected chi connectivity index (χ1v) is 21.1. The summed E-state index contributed by atoms with van der Waals surface area (Å²) < 4.78 is 33.3. The van der Waals surface area contributed by atoms with E-state index in [4.69, 9.17) is 24.3 Å². The maximum atomic E-state index is 12.5. The van der Waals surface area contributed by atoms with Crippen molar-refractivity contribution in [2.45, 2.75) is 168 Å². The van der Waals surface area contributed by atoms with E-state index in [2.05, 4.69) is 62.5 Å². The highest BCUT2D eigenvalue weighted by molar-refractivity contribution is 7.47. The third-order valence-corrected chi connectivity index (χ3v) is 8.93. The molecule has 3 N–H and O–H groups in total. The zero-order valence-corrected chi connectivity index (χ0v) is 32.3. The molecule has 2 unspecified atom stereocenters. The van der Waals surface area contributed by atoms with E-state index in [0.29, 0.717) is 13.0 Å². The lowest BCUT2D eigenvalue weighted by atomic mass is 10.1. The quantitative estimate of drug-likeness (QED) is 0.0283.